The molecule has 198 valence electrons. The van der Waals surface area contributed by atoms with Crippen molar-refractivity contribution in [3.63, 3.8) is 0 Å². The van der Waals surface area contributed by atoms with Crippen molar-refractivity contribution in [1.29, 1.82) is 0 Å². The fourth-order valence-corrected chi connectivity index (χ4v) is 6.89. The Kier molecular flexibility index (Phi) is 7.84. The van der Waals surface area contributed by atoms with E-state index in [9.17, 15) is 14.7 Å². The van der Waals surface area contributed by atoms with Gasteiger partial charge in [0.15, 0.2) is 0 Å². The summed E-state index contributed by atoms with van der Waals surface area (Å²) in [5.74, 6) is 0.735. The zero-order chi connectivity index (χ0) is 25.9. The molecule has 2 aromatic carbocycles. The van der Waals surface area contributed by atoms with E-state index >= 15 is 0 Å². The van der Waals surface area contributed by atoms with Gasteiger partial charge in [0.1, 0.15) is 6.61 Å². The molecule has 5 rings (SSSR count). The molecule has 2 fully saturated rings. The van der Waals surface area contributed by atoms with Gasteiger partial charge in [0, 0.05) is 5.92 Å². The number of carbonyl (C=O) groups is 2. The summed E-state index contributed by atoms with van der Waals surface area (Å²) in [4.78, 5) is 24.4. The van der Waals surface area contributed by atoms with Crippen LogP contribution in [0, 0.1) is 23.7 Å². The third kappa shape index (κ3) is 5.85. The van der Waals surface area contributed by atoms with Gasteiger partial charge in [-0.2, -0.15) is 0 Å². The largest absolute Gasteiger partial charge is 0.481 e. The lowest BCUT2D eigenvalue weighted by atomic mass is 9.77. The zero-order valence-corrected chi connectivity index (χ0v) is 21.9. The quantitative estimate of drug-likeness (QED) is 0.399. The summed E-state index contributed by atoms with van der Waals surface area (Å²) < 4.78 is 11.8. The van der Waals surface area contributed by atoms with E-state index in [1.54, 1.807) is 6.92 Å². The molecule has 3 aliphatic carbocycles. The normalized spacial score (nSPS) is 24.5. The lowest BCUT2D eigenvalue weighted by molar-refractivity contribution is -0.147. The number of hydrogen-bond acceptors (Lipinski definition) is 4. The summed E-state index contributed by atoms with van der Waals surface area (Å²) >= 11 is 0. The summed E-state index contributed by atoms with van der Waals surface area (Å²) in [5, 5.41) is 12.5. The van der Waals surface area contributed by atoms with Gasteiger partial charge in [0.25, 0.3) is 0 Å². The van der Waals surface area contributed by atoms with Gasteiger partial charge in [-0.1, -0.05) is 61.4 Å². The van der Waals surface area contributed by atoms with Crippen molar-refractivity contribution in [2.45, 2.75) is 70.4 Å². The monoisotopic (exact) mass is 505 g/mol. The molecule has 2 aromatic rings. The van der Waals surface area contributed by atoms with Crippen molar-refractivity contribution in [1.82, 2.24) is 5.32 Å². The van der Waals surface area contributed by atoms with Crippen LogP contribution in [0.1, 0.15) is 69.4 Å². The molecule has 2 N–H and O–H groups in total. The second-order valence-corrected chi connectivity index (χ2v) is 11.5. The highest BCUT2D eigenvalue weighted by Crippen LogP contribution is 2.46. The molecule has 0 spiro atoms. The average molecular weight is 506 g/mol. The molecule has 0 unspecified atom stereocenters. The first-order valence-corrected chi connectivity index (χ1v) is 13.8. The van der Waals surface area contributed by atoms with Crippen molar-refractivity contribution in [2.75, 3.05) is 13.2 Å². The van der Waals surface area contributed by atoms with Crippen LogP contribution in [0.2, 0.25) is 0 Å². The van der Waals surface area contributed by atoms with Crippen molar-refractivity contribution < 1.29 is 24.2 Å². The Morgan fingerprint density at radius 2 is 1.54 bits per heavy atom. The number of carboxylic acid groups (broad SMARTS) is 1. The molecule has 1 amide bonds. The predicted molar refractivity (Wildman–Crippen MR) is 142 cm³/mol. The van der Waals surface area contributed by atoms with Gasteiger partial charge in [0.05, 0.1) is 24.7 Å². The van der Waals surface area contributed by atoms with E-state index in [4.69, 9.17) is 9.47 Å². The van der Waals surface area contributed by atoms with E-state index in [1.165, 1.54) is 54.4 Å². The van der Waals surface area contributed by atoms with Crippen LogP contribution < -0.4 is 5.32 Å². The molecule has 0 aromatic heterocycles. The minimum absolute atomic E-state index is 0.0105. The number of alkyl carbamates (subject to hydrolysis) is 1. The summed E-state index contributed by atoms with van der Waals surface area (Å²) in [5.41, 5.74) is 4.74. The summed E-state index contributed by atoms with van der Waals surface area (Å²) in [6.45, 7) is 4.11. The molecular weight excluding hydrogens is 466 g/mol. The average Bonchev–Trinajstić information content (AvgIpc) is 3.40. The molecule has 3 aliphatic rings. The van der Waals surface area contributed by atoms with Crippen molar-refractivity contribution in [3.05, 3.63) is 59.7 Å². The maximum absolute atomic E-state index is 12.6. The van der Waals surface area contributed by atoms with E-state index in [2.05, 4.69) is 29.6 Å². The molecule has 2 saturated carbocycles. The van der Waals surface area contributed by atoms with E-state index < -0.39 is 18.0 Å². The Morgan fingerprint density at radius 3 is 2.14 bits per heavy atom. The zero-order valence-electron chi connectivity index (χ0n) is 21.9. The van der Waals surface area contributed by atoms with Gasteiger partial charge in [0.2, 0.25) is 0 Å². The van der Waals surface area contributed by atoms with Crippen molar-refractivity contribution in [3.8, 4) is 11.1 Å². The first-order chi connectivity index (χ1) is 17.9. The van der Waals surface area contributed by atoms with Crippen LogP contribution in [-0.2, 0) is 14.3 Å². The summed E-state index contributed by atoms with van der Waals surface area (Å²) in [7, 11) is 0. The minimum Gasteiger partial charge on any atom is -0.481 e. The number of rotatable bonds is 10. The van der Waals surface area contributed by atoms with Crippen LogP contribution in [-0.4, -0.2) is 42.5 Å². The fraction of sp³-hybridized carbons (Fsp3) is 0.548. The van der Waals surface area contributed by atoms with Gasteiger partial charge < -0.3 is 19.9 Å². The number of benzene rings is 2. The Morgan fingerprint density at radius 1 is 0.946 bits per heavy atom. The van der Waals surface area contributed by atoms with Gasteiger partial charge >= 0.3 is 12.1 Å². The first-order valence-electron chi connectivity index (χ1n) is 13.8. The standard InChI is InChI=1S/C31H39NO5/c1-19(17-36-29(20(2)30(33)34)16-23-14-21-11-12-22(13-21)15-23)32-31(35)37-18-28-26-9-5-3-7-24(26)25-8-4-6-10-27(25)28/h3-10,19-23,28-29H,11-18H2,1-2H3,(H,32,35)(H,33,34)/t19-,20-,21-,22+,23-,29-/m1/s1. The Labute approximate surface area is 219 Å². The van der Waals surface area contributed by atoms with Gasteiger partial charge in [-0.3, -0.25) is 4.79 Å². The third-order valence-corrected chi connectivity index (χ3v) is 8.76. The molecule has 6 atom stereocenters. The van der Waals surface area contributed by atoms with Gasteiger partial charge in [-0.15, -0.1) is 0 Å². The van der Waals surface area contributed by atoms with Gasteiger partial charge in [-0.25, -0.2) is 4.79 Å². The maximum atomic E-state index is 12.6. The number of ether oxygens (including phenoxy) is 2. The number of carbonyl (C=O) groups excluding carboxylic acids is 1. The molecule has 0 aliphatic heterocycles. The van der Waals surface area contributed by atoms with Crippen molar-refractivity contribution >= 4 is 12.1 Å². The topological polar surface area (TPSA) is 84.9 Å². The van der Waals surface area contributed by atoms with Gasteiger partial charge in [-0.05, 0) is 79.5 Å². The molecular formula is C31H39NO5. The lowest BCUT2D eigenvalue weighted by Gasteiger charge is -2.32. The third-order valence-electron chi connectivity index (χ3n) is 8.76. The first kappa shape index (κ1) is 25.8. The highest BCUT2D eigenvalue weighted by atomic mass is 16.5. The Hall–Kier alpha value is -2.86. The number of amides is 1. The number of hydrogen-bond donors (Lipinski definition) is 2. The second kappa shape index (κ2) is 11.3. The van der Waals surface area contributed by atoms with Crippen LogP contribution in [0.4, 0.5) is 4.79 Å². The maximum Gasteiger partial charge on any atom is 0.407 e. The molecule has 0 saturated heterocycles. The van der Waals surface area contributed by atoms with E-state index in [-0.39, 0.29) is 31.3 Å². The van der Waals surface area contributed by atoms with Crippen LogP contribution in [0.3, 0.4) is 0 Å². The molecule has 6 nitrogen and oxygen atoms in total. The van der Waals surface area contributed by atoms with Crippen LogP contribution in [0.15, 0.2) is 48.5 Å². The molecule has 6 heteroatoms. The van der Waals surface area contributed by atoms with Crippen LogP contribution in [0.25, 0.3) is 11.1 Å². The lowest BCUT2D eigenvalue weighted by Crippen LogP contribution is -2.40. The number of fused-ring (bicyclic) bond motifs is 5. The van der Waals surface area contributed by atoms with Crippen molar-refractivity contribution in [2.24, 2.45) is 23.7 Å². The highest BCUT2D eigenvalue weighted by Gasteiger charge is 2.37. The minimum atomic E-state index is -0.832. The summed E-state index contributed by atoms with van der Waals surface area (Å²) in [6, 6.07) is 16.2. The number of carboxylic acids is 1. The van der Waals surface area contributed by atoms with E-state index in [1.807, 2.05) is 31.2 Å². The molecule has 37 heavy (non-hydrogen) atoms. The molecule has 0 radical (unpaired) electrons. The second-order valence-electron chi connectivity index (χ2n) is 11.5. The molecule has 0 heterocycles. The van der Waals surface area contributed by atoms with E-state index in [0.717, 1.165) is 18.3 Å². The molecule has 2 bridgehead atoms. The SMILES string of the molecule is C[C@H](CO[C@H](C[C@@H]1C[C@@H]2CC[C@@H](C2)C1)[C@@H](C)C(=O)O)NC(=O)OCC1c2ccccc2-c2ccccc21. The highest BCUT2D eigenvalue weighted by molar-refractivity contribution is 5.79. The number of nitrogens with one attached hydrogen (secondary N) is 1. The Balaban J connectivity index is 1.12. The van der Waals surface area contributed by atoms with Crippen LogP contribution >= 0.6 is 0 Å². The summed E-state index contributed by atoms with van der Waals surface area (Å²) in [6.07, 6.45) is 6.31. The predicted octanol–water partition coefficient (Wildman–Crippen LogP) is 6.24. The Bertz CT molecular complexity index is 1060. The number of aliphatic carboxylic acids is 1. The van der Waals surface area contributed by atoms with Crippen LogP contribution in [0.5, 0.6) is 0 Å². The van der Waals surface area contributed by atoms with E-state index in [0.29, 0.717) is 5.92 Å². The fourth-order valence-electron chi connectivity index (χ4n) is 6.89. The smallest absolute Gasteiger partial charge is 0.407 e.